The number of carbonyl (C=O) groups is 2. The maximum atomic E-state index is 11.9. The molecule has 5 nitrogen and oxygen atoms in total. The lowest BCUT2D eigenvalue weighted by molar-refractivity contribution is -0.146. The molecule has 134 valence electrons. The molecule has 2 aromatic heterocycles. The number of thiophene rings is 1. The molecule has 1 aromatic carbocycles. The zero-order chi connectivity index (χ0) is 18.5. The number of hydrogen-bond acceptors (Lipinski definition) is 6. The van der Waals surface area contributed by atoms with Gasteiger partial charge in [0.25, 0.3) is 5.91 Å². The lowest BCUT2D eigenvalue weighted by Gasteiger charge is -2.08. The largest absolute Gasteiger partial charge is 0.455 e. The molecule has 0 aliphatic rings. The van der Waals surface area contributed by atoms with Gasteiger partial charge in [-0.2, -0.15) is 11.3 Å². The standard InChI is InChI=1S/C17H12Cl2N2O3S2/c18-12-2-1-3-13(16(12)19)21-14(22)7-24-15(23)6-11-9-26-17(20-11)10-4-5-25-8-10/h1-5,8-9H,6-7H2,(H,21,22). The fraction of sp³-hybridized carbons (Fsp3) is 0.118. The van der Waals surface area contributed by atoms with Crippen LogP contribution in [0.1, 0.15) is 5.69 Å². The molecule has 3 rings (SSSR count). The number of esters is 1. The second kappa shape index (κ2) is 8.64. The molecule has 0 fully saturated rings. The van der Waals surface area contributed by atoms with Crippen LogP contribution in [0.2, 0.25) is 10.0 Å². The highest BCUT2D eigenvalue weighted by molar-refractivity contribution is 7.14. The molecule has 0 saturated carbocycles. The van der Waals surface area contributed by atoms with Gasteiger partial charge in [-0.25, -0.2) is 4.98 Å². The highest BCUT2D eigenvalue weighted by atomic mass is 35.5. The summed E-state index contributed by atoms with van der Waals surface area (Å²) in [6.45, 7) is -0.413. The lowest BCUT2D eigenvalue weighted by Crippen LogP contribution is -2.21. The number of nitrogens with one attached hydrogen (secondary N) is 1. The predicted molar refractivity (Wildman–Crippen MR) is 105 cm³/mol. The van der Waals surface area contributed by atoms with Crippen molar-refractivity contribution in [3.63, 3.8) is 0 Å². The number of carbonyl (C=O) groups excluding carboxylic acids is 2. The van der Waals surface area contributed by atoms with Crippen LogP contribution in [0.3, 0.4) is 0 Å². The third-order valence-corrected chi connectivity index (χ3v) is 5.68. The Morgan fingerprint density at radius 3 is 2.81 bits per heavy atom. The van der Waals surface area contributed by atoms with Gasteiger partial charge >= 0.3 is 5.97 Å². The van der Waals surface area contributed by atoms with E-state index < -0.39 is 18.5 Å². The minimum atomic E-state index is -0.528. The summed E-state index contributed by atoms with van der Waals surface area (Å²) < 4.78 is 4.99. The Bertz CT molecular complexity index is 926. The van der Waals surface area contributed by atoms with E-state index in [1.54, 1.807) is 34.9 Å². The topological polar surface area (TPSA) is 68.3 Å². The summed E-state index contributed by atoms with van der Waals surface area (Å²) >= 11 is 14.9. The third kappa shape index (κ3) is 4.82. The van der Waals surface area contributed by atoms with E-state index in [1.807, 2.05) is 16.8 Å². The van der Waals surface area contributed by atoms with E-state index in [1.165, 1.54) is 11.3 Å². The van der Waals surface area contributed by atoms with E-state index in [4.69, 9.17) is 27.9 Å². The summed E-state index contributed by atoms with van der Waals surface area (Å²) in [5, 5.41) is 9.72. The summed E-state index contributed by atoms with van der Waals surface area (Å²) in [6, 6.07) is 6.84. The summed E-state index contributed by atoms with van der Waals surface area (Å²) in [6.07, 6.45) is 0.00579. The van der Waals surface area contributed by atoms with Crippen LogP contribution in [0.4, 0.5) is 5.69 Å². The van der Waals surface area contributed by atoms with Crippen molar-refractivity contribution in [2.24, 2.45) is 0 Å². The maximum Gasteiger partial charge on any atom is 0.312 e. The van der Waals surface area contributed by atoms with Gasteiger partial charge in [0.1, 0.15) is 5.01 Å². The Hall–Kier alpha value is -1.93. The minimum absolute atomic E-state index is 0.00579. The highest BCUT2D eigenvalue weighted by Crippen LogP contribution is 2.29. The first kappa shape index (κ1) is 18.8. The van der Waals surface area contributed by atoms with Gasteiger partial charge < -0.3 is 10.1 Å². The fourth-order valence-corrected chi connectivity index (χ4v) is 3.92. The van der Waals surface area contributed by atoms with Crippen molar-refractivity contribution in [2.75, 3.05) is 11.9 Å². The maximum absolute atomic E-state index is 11.9. The molecule has 1 amide bonds. The van der Waals surface area contributed by atoms with Crippen LogP contribution in [0.5, 0.6) is 0 Å². The van der Waals surface area contributed by atoms with Crippen molar-refractivity contribution in [2.45, 2.75) is 6.42 Å². The first-order chi connectivity index (χ1) is 12.5. The van der Waals surface area contributed by atoms with Gasteiger partial charge in [0, 0.05) is 16.3 Å². The number of benzene rings is 1. The number of rotatable bonds is 6. The molecule has 0 saturated heterocycles. The van der Waals surface area contributed by atoms with Crippen LogP contribution in [-0.2, 0) is 20.7 Å². The fourth-order valence-electron chi connectivity index (χ4n) is 2.04. The van der Waals surface area contributed by atoms with Crippen molar-refractivity contribution in [1.82, 2.24) is 4.98 Å². The first-order valence-corrected chi connectivity index (χ1v) is 9.97. The van der Waals surface area contributed by atoms with E-state index in [0.29, 0.717) is 16.4 Å². The molecule has 3 aromatic rings. The molecule has 26 heavy (non-hydrogen) atoms. The van der Waals surface area contributed by atoms with Gasteiger partial charge in [0.2, 0.25) is 0 Å². The van der Waals surface area contributed by atoms with Crippen LogP contribution in [0.15, 0.2) is 40.4 Å². The quantitative estimate of drug-likeness (QED) is 0.568. The average molecular weight is 427 g/mol. The monoisotopic (exact) mass is 426 g/mol. The SMILES string of the molecule is O=C(COC(=O)Cc1csc(-c2ccsc2)n1)Nc1cccc(Cl)c1Cl. The van der Waals surface area contributed by atoms with Gasteiger partial charge in [-0.15, -0.1) is 11.3 Å². The van der Waals surface area contributed by atoms with E-state index >= 15 is 0 Å². The van der Waals surface area contributed by atoms with Crippen molar-refractivity contribution < 1.29 is 14.3 Å². The van der Waals surface area contributed by atoms with Crippen molar-refractivity contribution in [3.05, 3.63) is 56.1 Å². The van der Waals surface area contributed by atoms with Crippen LogP contribution in [0, 0.1) is 0 Å². The third-order valence-electron chi connectivity index (χ3n) is 3.24. The Morgan fingerprint density at radius 2 is 2.04 bits per heavy atom. The smallest absolute Gasteiger partial charge is 0.312 e. The van der Waals surface area contributed by atoms with E-state index in [0.717, 1.165) is 10.6 Å². The molecule has 0 atom stereocenters. The van der Waals surface area contributed by atoms with Gasteiger partial charge in [-0.1, -0.05) is 29.3 Å². The molecule has 9 heteroatoms. The number of halogens is 2. The van der Waals surface area contributed by atoms with Crippen molar-refractivity contribution >= 4 is 63.4 Å². The lowest BCUT2D eigenvalue weighted by atomic mass is 10.3. The minimum Gasteiger partial charge on any atom is -0.455 e. The average Bonchev–Trinajstić information content (AvgIpc) is 3.28. The van der Waals surface area contributed by atoms with E-state index in [2.05, 4.69) is 10.3 Å². The van der Waals surface area contributed by atoms with Gasteiger partial charge in [0.05, 0.1) is 27.8 Å². The Balaban J connectivity index is 1.49. The summed E-state index contributed by atoms with van der Waals surface area (Å²) in [7, 11) is 0. The number of amides is 1. The molecule has 0 bridgehead atoms. The number of ether oxygens (including phenoxy) is 1. The Labute approximate surface area is 167 Å². The normalized spacial score (nSPS) is 10.5. The van der Waals surface area contributed by atoms with Crippen LogP contribution in [0.25, 0.3) is 10.6 Å². The molecular weight excluding hydrogens is 415 g/mol. The van der Waals surface area contributed by atoms with Gasteiger partial charge in [-0.05, 0) is 23.6 Å². The zero-order valence-corrected chi connectivity index (χ0v) is 16.3. The predicted octanol–water partition coefficient (Wildman–Crippen LogP) is 4.90. The molecule has 0 unspecified atom stereocenters. The second-order valence-electron chi connectivity index (χ2n) is 5.14. The molecule has 0 aliphatic carbocycles. The summed E-state index contributed by atoms with van der Waals surface area (Å²) in [4.78, 5) is 28.2. The first-order valence-electron chi connectivity index (χ1n) is 7.39. The zero-order valence-electron chi connectivity index (χ0n) is 13.2. The van der Waals surface area contributed by atoms with Crippen LogP contribution >= 0.6 is 45.9 Å². The van der Waals surface area contributed by atoms with Gasteiger partial charge in [-0.3, -0.25) is 9.59 Å². The van der Waals surface area contributed by atoms with Crippen LogP contribution < -0.4 is 5.32 Å². The van der Waals surface area contributed by atoms with Gasteiger partial charge in [0.15, 0.2) is 6.61 Å². The summed E-state index contributed by atoms with van der Waals surface area (Å²) in [5.74, 6) is -1.03. The van der Waals surface area contributed by atoms with Crippen molar-refractivity contribution in [1.29, 1.82) is 0 Å². The Morgan fingerprint density at radius 1 is 1.19 bits per heavy atom. The molecule has 0 spiro atoms. The van der Waals surface area contributed by atoms with Crippen molar-refractivity contribution in [3.8, 4) is 10.6 Å². The van der Waals surface area contributed by atoms with E-state index in [-0.39, 0.29) is 11.4 Å². The van der Waals surface area contributed by atoms with E-state index in [9.17, 15) is 9.59 Å². The number of thiazole rings is 1. The number of aromatic nitrogens is 1. The molecule has 0 radical (unpaired) electrons. The molecular formula is C17H12Cl2N2O3S2. The number of hydrogen-bond donors (Lipinski definition) is 1. The molecule has 2 heterocycles. The summed E-state index contributed by atoms with van der Waals surface area (Å²) in [5.41, 5.74) is 2.00. The number of nitrogens with zero attached hydrogens (tertiary/aromatic N) is 1. The highest BCUT2D eigenvalue weighted by Gasteiger charge is 2.13. The second-order valence-corrected chi connectivity index (χ2v) is 7.57. The Kier molecular flexibility index (Phi) is 6.26. The molecule has 1 N–H and O–H groups in total. The number of anilines is 1. The molecule has 0 aliphatic heterocycles. The van der Waals surface area contributed by atoms with Crippen LogP contribution in [-0.4, -0.2) is 23.5 Å².